The van der Waals surface area contributed by atoms with Crippen LogP contribution in [0.25, 0.3) is 32.9 Å². The van der Waals surface area contributed by atoms with Crippen molar-refractivity contribution in [3.05, 3.63) is 95.2 Å². The number of benzene rings is 3. The molecule has 0 radical (unpaired) electrons. The van der Waals surface area contributed by atoms with E-state index < -0.39 is 17.7 Å². The number of aromatic nitrogens is 2. The number of hydrogen-bond acceptors (Lipinski definition) is 6. The van der Waals surface area contributed by atoms with E-state index in [1.807, 2.05) is 101 Å². The summed E-state index contributed by atoms with van der Waals surface area (Å²) in [7, 11) is 0. The number of pyridine rings is 2. The van der Waals surface area contributed by atoms with Gasteiger partial charge in [0.2, 0.25) is 5.88 Å². The quantitative estimate of drug-likeness (QED) is 0.230. The van der Waals surface area contributed by atoms with Crippen LogP contribution in [0.5, 0.6) is 11.6 Å². The zero-order valence-corrected chi connectivity index (χ0v) is 23.6. The van der Waals surface area contributed by atoms with Crippen LogP contribution in [0, 0.1) is 6.92 Å². The van der Waals surface area contributed by atoms with Crippen molar-refractivity contribution in [3.63, 3.8) is 0 Å². The standard InChI is InChI=1S/C34H32N2O5/c1-20-18-25-23(11-13-27(36-25)40-19-21-8-6-5-7-9-21)30(28(20)32(33(37)38)41-34(2,3)4)24-10-12-26-29-22(15-17-39-26)14-16-35-31(24)29/h5-14,16,18,32H,15,17,19H2,1-4H3,(H,37,38). The lowest BCUT2D eigenvalue weighted by atomic mass is 9.86. The van der Waals surface area contributed by atoms with Crippen LogP contribution in [-0.2, 0) is 22.6 Å². The van der Waals surface area contributed by atoms with Gasteiger partial charge in [-0.15, -0.1) is 0 Å². The van der Waals surface area contributed by atoms with E-state index in [0.29, 0.717) is 30.2 Å². The van der Waals surface area contributed by atoms with Crippen LogP contribution in [0.2, 0.25) is 0 Å². The number of carbonyl (C=O) groups is 1. The molecule has 41 heavy (non-hydrogen) atoms. The summed E-state index contributed by atoms with van der Waals surface area (Å²) in [6.07, 6.45) is 1.39. The average molecular weight is 549 g/mol. The van der Waals surface area contributed by atoms with Crippen LogP contribution in [-0.4, -0.2) is 33.3 Å². The Bertz CT molecular complexity index is 1770. The highest BCUT2D eigenvalue weighted by atomic mass is 16.5. The number of carboxylic acid groups (broad SMARTS) is 1. The van der Waals surface area contributed by atoms with Gasteiger partial charge in [-0.25, -0.2) is 9.78 Å². The van der Waals surface area contributed by atoms with Gasteiger partial charge in [0.25, 0.3) is 0 Å². The molecular formula is C34H32N2O5. The van der Waals surface area contributed by atoms with E-state index >= 15 is 0 Å². The number of aryl methyl sites for hydroxylation is 1. The summed E-state index contributed by atoms with van der Waals surface area (Å²) in [5.74, 6) is 0.217. The molecule has 0 saturated carbocycles. The van der Waals surface area contributed by atoms with Crippen LogP contribution in [0.4, 0.5) is 0 Å². The maximum Gasteiger partial charge on any atom is 0.337 e. The van der Waals surface area contributed by atoms with Crippen LogP contribution in [0.1, 0.15) is 49.1 Å². The molecule has 3 aromatic carbocycles. The fourth-order valence-corrected chi connectivity index (χ4v) is 5.53. The summed E-state index contributed by atoms with van der Waals surface area (Å²) < 4.78 is 18.2. The molecule has 1 unspecified atom stereocenters. The molecule has 6 rings (SSSR count). The van der Waals surface area contributed by atoms with Gasteiger partial charge < -0.3 is 19.3 Å². The number of nitrogens with zero attached hydrogens (tertiary/aromatic N) is 2. The highest BCUT2D eigenvalue weighted by Crippen LogP contribution is 2.45. The molecule has 0 amide bonds. The molecule has 7 nitrogen and oxygen atoms in total. The SMILES string of the molecule is Cc1cc2nc(OCc3ccccc3)ccc2c(-c2ccc3c4c(ccnc24)CCO3)c1C(OC(C)(C)C)C(=O)O. The van der Waals surface area contributed by atoms with Gasteiger partial charge in [0.15, 0.2) is 6.10 Å². The molecule has 3 heterocycles. The third-order valence-electron chi connectivity index (χ3n) is 7.24. The summed E-state index contributed by atoms with van der Waals surface area (Å²) in [5.41, 5.74) is 5.85. The maximum absolute atomic E-state index is 12.8. The highest BCUT2D eigenvalue weighted by Gasteiger charge is 2.33. The first kappa shape index (κ1) is 26.7. The van der Waals surface area contributed by atoms with Gasteiger partial charge in [0, 0.05) is 40.6 Å². The van der Waals surface area contributed by atoms with Crippen molar-refractivity contribution in [2.45, 2.75) is 52.4 Å². The number of hydrogen-bond donors (Lipinski definition) is 1. The molecule has 0 spiro atoms. The Morgan fingerprint density at radius 3 is 2.63 bits per heavy atom. The predicted octanol–water partition coefficient (Wildman–Crippen LogP) is 7.21. The molecular weight excluding hydrogens is 516 g/mol. The van der Waals surface area contributed by atoms with E-state index in [-0.39, 0.29) is 0 Å². The first-order valence-electron chi connectivity index (χ1n) is 13.7. The molecule has 208 valence electrons. The van der Waals surface area contributed by atoms with Crippen LogP contribution >= 0.6 is 0 Å². The molecule has 7 heteroatoms. The lowest BCUT2D eigenvalue weighted by Crippen LogP contribution is -2.28. The van der Waals surface area contributed by atoms with Crippen molar-refractivity contribution in [3.8, 4) is 22.8 Å². The lowest BCUT2D eigenvalue weighted by molar-refractivity contribution is -0.160. The van der Waals surface area contributed by atoms with Gasteiger partial charge in [-0.2, -0.15) is 0 Å². The van der Waals surface area contributed by atoms with E-state index in [9.17, 15) is 9.90 Å². The van der Waals surface area contributed by atoms with E-state index in [1.165, 1.54) is 0 Å². The molecule has 5 aromatic rings. The zero-order valence-electron chi connectivity index (χ0n) is 23.6. The predicted molar refractivity (Wildman–Crippen MR) is 158 cm³/mol. The fourth-order valence-electron chi connectivity index (χ4n) is 5.53. The van der Waals surface area contributed by atoms with Crippen molar-refractivity contribution in [1.82, 2.24) is 9.97 Å². The summed E-state index contributed by atoms with van der Waals surface area (Å²) in [6, 6.07) is 21.5. The third-order valence-corrected chi connectivity index (χ3v) is 7.24. The monoisotopic (exact) mass is 548 g/mol. The van der Waals surface area contributed by atoms with Crippen LogP contribution in [0.3, 0.4) is 0 Å². The fraction of sp³-hybridized carbons (Fsp3) is 0.265. The maximum atomic E-state index is 12.8. The normalized spacial score (nSPS) is 13.7. The van der Waals surface area contributed by atoms with Crippen molar-refractivity contribution >= 4 is 27.8 Å². The molecule has 1 aliphatic rings. The van der Waals surface area contributed by atoms with Crippen LogP contribution in [0.15, 0.2) is 72.9 Å². The molecule has 0 aliphatic carbocycles. The molecule has 0 saturated heterocycles. The highest BCUT2D eigenvalue weighted by molar-refractivity contribution is 6.08. The Labute approximate surface area is 238 Å². The molecule has 0 fully saturated rings. The molecule has 1 aliphatic heterocycles. The Hall–Kier alpha value is -4.49. The minimum atomic E-state index is -1.20. The van der Waals surface area contributed by atoms with Crippen LogP contribution < -0.4 is 9.47 Å². The summed E-state index contributed by atoms with van der Waals surface area (Å²) >= 11 is 0. The van der Waals surface area contributed by atoms with Gasteiger partial charge in [-0.1, -0.05) is 30.3 Å². The van der Waals surface area contributed by atoms with E-state index in [1.54, 1.807) is 0 Å². The Morgan fingerprint density at radius 1 is 1.07 bits per heavy atom. The van der Waals surface area contributed by atoms with E-state index in [0.717, 1.165) is 56.3 Å². The second-order valence-corrected chi connectivity index (χ2v) is 11.3. The Kier molecular flexibility index (Phi) is 6.83. The summed E-state index contributed by atoms with van der Waals surface area (Å²) in [6.45, 7) is 8.48. The van der Waals surface area contributed by atoms with Gasteiger partial charge in [0.05, 0.1) is 23.2 Å². The smallest absolute Gasteiger partial charge is 0.337 e. The van der Waals surface area contributed by atoms with Gasteiger partial charge in [-0.3, -0.25) is 4.98 Å². The number of ether oxygens (including phenoxy) is 3. The lowest BCUT2D eigenvalue weighted by Gasteiger charge is -2.29. The molecule has 0 bridgehead atoms. The third kappa shape index (κ3) is 5.21. The van der Waals surface area contributed by atoms with Gasteiger partial charge in [0.1, 0.15) is 12.4 Å². The topological polar surface area (TPSA) is 90.8 Å². The minimum absolute atomic E-state index is 0.391. The number of aliphatic carboxylic acids is 1. The molecule has 2 aromatic heterocycles. The average Bonchev–Trinajstić information content (AvgIpc) is 2.95. The first-order valence-corrected chi connectivity index (χ1v) is 13.7. The zero-order chi connectivity index (χ0) is 28.7. The largest absolute Gasteiger partial charge is 0.493 e. The second kappa shape index (κ2) is 10.5. The number of fused-ring (bicyclic) bond motifs is 1. The minimum Gasteiger partial charge on any atom is -0.493 e. The summed E-state index contributed by atoms with van der Waals surface area (Å²) in [4.78, 5) is 22.4. The Morgan fingerprint density at radius 2 is 1.88 bits per heavy atom. The van der Waals surface area contributed by atoms with Crippen molar-refractivity contribution < 1.29 is 24.1 Å². The number of carboxylic acids is 1. The second-order valence-electron chi connectivity index (χ2n) is 11.3. The number of rotatable bonds is 7. The van der Waals surface area contributed by atoms with Gasteiger partial charge >= 0.3 is 5.97 Å². The van der Waals surface area contributed by atoms with E-state index in [2.05, 4.69) is 0 Å². The molecule has 1 atom stereocenters. The van der Waals surface area contributed by atoms with Crippen molar-refractivity contribution in [1.29, 1.82) is 0 Å². The van der Waals surface area contributed by atoms with E-state index in [4.69, 9.17) is 24.2 Å². The Balaban J connectivity index is 1.59. The van der Waals surface area contributed by atoms with Gasteiger partial charge in [-0.05, 0) is 80.3 Å². The van der Waals surface area contributed by atoms with Crippen molar-refractivity contribution in [2.75, 3.05) is 6.61 Å². The first-order chi connectivity index (χ1) is 19.7. The molecule has 1 N–H and O–H groups in total. The summed E-state index contributed by atoms with van der Waals surface area (Å²) in [5, 5.41) is 12.2. The van der Waals surface area contributed by atoms with Crippen molar-refractivity contribution in [2.24, 2.45) is 0 Å².